The minimum absolute atomic E-state index is 0.0258. The minimum atomic E-state index is -1.10. The van der Waals surface area contributed by atoms with Crippen molar-refractivity contribution < 1.29 is 29.2 Å². The van der Waals surface area contributed by atoms with Gasteiger partial charge in [-0.2, -0.15) is 0 Å². The van der Waals surface area contributed by atoms with Crippen LogP contribution in [-0.2, 0) is 18.9 Å². The summed E-state index contributed by atoms with van der Waals surface area (Å²) < 4.78 is 23.5. The lowest BCUT2D eigenvalue weighted by atomic mass is 9.61. The quantitative estimate of drug-likeness (QED) is 0.815. The summed E-state index contributed by atoms with van der Waals surface area (Å²) in [7, 11) is 3.11. The Balaban J connectivity index is 1.92. The van der Waals surface area contributed by atoms with Gasteiger partial charge in [-0.3, -0.25) is 0 Å². The molecule has 0 bridgehead atoms. The Morgan fingerprint density at radius 2 is 1.61 bits per heavy atom. The van der Waals surface area contributed by atoms with Crippen molar-refractivity contribution >= 4 is 0 Å². The van der Waals surface area contributed by atoms with E-state index in [0.29, 0.717) is 6.42 Å². The van der Waals surface area contributed by atoms with Gasteiger partial charge in [0, 0.05) is 26.2 Å². The van der Waals surface area contributed by atoms with Gasteiger partial charge in [0.05, 0.1) is 12.2 Å². The summed E-state index contributed by atoms with van der Waals surface area (Å²) in [6.45, 7) is 3.63. The number of fused-ring (bicyclic) bond motifs is 1. The summed E-state index contributed by atoms with van der Waals surface area (Å²) in [4.78, 5) is 0. The number of rotatable bonds is 3. The van der Waals surface area contributed by atoms with Crippen molar-refractivity contribution in [2.24, 2.45) is 11.3 Å². The fourth-order valence-electron chi connectivity index (χ4n) is 4.90. The zero-order valence-corrected chi connectivity index (χ0v) is 14.6. The molecule has 2 aliphatic carbocycles. The summed E-state index contributed by atoms with van der Waals surface area (Å²) in [5.41, 5.74) is -0.269. The van der Waals surface area contributed by atoms with E-state index >= 15 is 0 Å². The van der Waals surface area contributed by atoms with Gasteiger partial charge in [0.15, 0.2) is 0 Å². The Bertz CT molecular complexity index is 437. The molecule has 1 saturated heterocycles. The molecule has 1 spiro atoms. The molecule has 0 amide bonds. The van der Waals surface area contributed by atoms with Crippen molar-refractivity contribution in [3.63, 3.8) is 0 Å². The van der Waals surface area contributed by atoms with Crippen LogP contribution >= 0.6 is 0 Å². The molecule has 3 aliphatic rings. The number of hydrogen-bond acceptors (Lipinski definition) is 6. The first-order valence-corrected chi connectivity index (χ1v) is 8.60. The summed E-state index contributed by atoms with van der Waals surface area (Å²) >= 11 is 0. The van der Waals surface area contributed by atoms with Crippen LogP contribution in [0.4, 0.5) is 0 Å². The van der Waals surface area contributed by atoms with Gasteiger partial charge in [-0.1, -0.05) is 12.8 Å². The average molecular weight is 330 g/mol. The van der Waals surface area contributed by atoms with Crippen LogP contribution in [0, 0.1) is 11.3 Å². The van der Waals surface area contributed by atoms with Gasteiger partial charge < -0.3 is 29.2 Å². The van der Waals surface area contributed by atoms with E-state index in [1.807, 2.05) is 0 Å². The van der Waals surface area contributed by atoms with E-state index in [0.717, 1.165) is 25.7 Å². The van der Waals surface area contributed by atoms with E-state index in [1.165, 1.54) is 0 Å². The largest absolute Gasteiger partial charge is 0.396 e. The predicted molar refractivity (Wildman–Crippen MR) is 82.7 cm³/mol. The van der Waals surface area contributed by atoms with E-state index in [4.69, 9.17) is 18.9 Å². The van der Waals surface area contributed by atoms with Crippen molar-refractivity contribution in [2.45, 2.75) is 75.8 Å². The predicted octanol–water partition coefficient (Wildman–Crippen LogP) is 1.43. The highest BCUT2D eigenvalue weighted by atomic mass is 16.8. The van der Waals surface area contributed by atoms with Crippen molar-refractivity contribution in [2.75, 3.05) is 20.8 Å². The molecule has 6 atom stereocenters. The first-order valence-electron chi connectivity index (χ1n) is 8.60. The number of aliphatic hydroxyl groups excluding tert-OH is 2. The number of methoxy groups -OCH3 is 2. The highest BCUT2D eigenvalue weighted by molar-refractivity contribution is 5.08. The van der Waals surface area contributed by atoms with Crippen LogP contribution in [0.5, 0.6) is 0 Å². The lowest BCUT2D eigenvalue weighted by Gasteiger charge is -2.59. The molecule has 2 saturated carbocycles. The Hall–Kier alpha value is -0.240. The maximum absolute atomic E-state index is 11.1. The van der Waals surface area contributed by atoms with Crippen LogP contribution in [0.15, 0.2) is 0 Å². The van der Waals surface area contributed by atoms with E-state index in [-0.39, 0.29) is 24.0 Å². The lowest BCUT2D eigenvalue weighted by Crippen LogP contribution is -2.71. The molecular formula is C17H30O6. The van der Waals surface area contributed by atoms with E-state index in [9.17, 15) is 10.2 Å². The number of hydrogen-bond donors (Lipinski definition) is 2. The van der Waals surface area contributed by atoms with Gasteiger partial charge >= 0.3 is 0 Å². The van der Waals surface area contributed by atoms with Crippen molar-refractivity contribution in [1.29, 1.82) is 0 Å². The summed E-state index contributed by atoms with van der Waals surface area (Å²) in [6.07, 6.45) is 3.24. The van der Waals surface area contributed by atoms with Crippen LogP contribution in [0.1, 0.15) is 46.0 Å². The fourth-order valence-corrected chi connectivity index (χ4v) is 4.90. The number of aliphatic hydroxyl groups is 2. The molecule has 0 aromatic heterocycles. The normalized spacial score (nSPS) is 49.3. The zero-order valence-electron chi connectivity index (χ0n) is 14.6. The molecule has 1 heterocycles. The lowest BCUT2D eigenvalue weighted by molar-refractivity contribution is -0.464. The van der Waals surface area contributed by atoms with Crippen LogP contribution in [0.2, 0.25) is 0 Å². The first-order chi connectivity index (χ1) is 10.9. The molecule has 134 valence electrons. The van der Waals surface area contributed by atoms with E-state index in [2.05, 4.69) is 0 Å². The van der Waals surface area contributed by atoms with Crippen LogP contribution < -0.4 is 0 Å². The molecule has 3 rings (SSSR count). The van der Waals surface area contributed by atoms with Gasteiger partial charge in [-0.25, -0.2) is 0 Å². The van der Waals surface area contributed by atoms with Crippen molar-refractivity contribution in [3.8, 4) is 0 Å². The maximum atomic E-state index is 11.1. The SMILES string of the molecule is CO[C@@]1(C)O[C@@H]2[C@@H](O)C3(CCCC3)[C@@H](CO)C[C@H]2O[C@]1(C)OC. The zero-order chi connectivity index (χ0) is 16.9. The molecule has 6 nitrogen and oxygen atoms in total. The second-order valence-electron chi connectivity index (χ2n) is 7.54. The Morgan fingerprint density at radius 3 is 2.13 bits per heavy atom. The standard InChI is InChI=1S/C17H30O6/c1-15(20-3)16(2,21-4)23-13-12(22-15)9-11(10-18)17(14(13)19)7-5-6-8-17/h11-14,18-19H,5-10H2,1-4H3/t11-,12-,13+,14-,15+,16+/m1/s1. The smallest absolute Gasteiger partial charge is 0.220 e. The highest BCUT2D eigenvalue weighted by Crippen LogP contribution is 2.56. The van der Waals surface area contributed by atoms with Gasteiger partial charge in [-0.15, -0.1) is 0 Å². The third-order valence-corrected chi connectivity index (χ3v) is 6.69. The maximum Gasteiger partial charge on any atom is 0.220 e. The summed E-state index contributed by atoms with van der Waals surface area (Å²) in [5.74, 6) is -2.14. The molecule has 0 radical (unpaired) electrons. The molecule has 3 fully saturated rings. The second-order valence-corrected chi connectivity index (χ2v) is 7.54. The van der Waals surface area contributed by atoms with Crippen LogP contribution in [0.25, 0.3) is 0 Å². The second kappa shape index (κ2) is 5.93. The van der Waals surface area contributed by atoms with E-state index in [1.54, 1.807) is 28.1 Å². The molecule has 0 aromatic rings. The molecule has 23 heavy (non-hydrogen) atoms. The monoisotopic (exact) mass is 330 g/mol. The molecule has 1 aliphatic heterocycles. The minimum Gasteiger partial charge on any atom is -0.396 e. The number of ether oxygens (including phenoxy) is 4. The highest BCUT2D eigenvalue weighted by Gasteiger charge is 2.64. The fraction of sp³-hybridized carbons (Fsp3) is 1.00. The van der Waals surface area contributed by atoms with E-state index < -0.39 is 23.8 Å². The van der Waals surface area contributed by atoms with Gasteiger partial charge in [0.25, 0.3) is 0 Å². The molecule has 6 heteroatoms. The summed E-state index contributed by atoms with van der Waals surface area (Å²) in [6, 6.07) is 0. The molecular weight excluding hydrogens is 300 g/mol. The molecule has 0 unspecified atom stereocenters. The van der Waals surface area contributed by atoms with Crippen LogP contribution in [-0.4, -0.2) is 60.9 Å². The molecule has 2 N–H and O–H groups in total. The van der Waals surface area contributed by atoms with Gasteiger partial charge in [0.1, 0.15) is 6.10 Å². The Kier molecular flexibility index (Phi) is 4.53. The van der Waals surface area contributed by atoms with Crippen molar-refractivity contribution in [1.82, 2.24) is 0 Å². The Labute approximate surface area is 138 Å². The summed E-state index contributed by atoms with van der Waals surface area (Å²) in [5, 5.41) is 21.0. The van der Waals surface area contributed by atoms with Crippen molar-refractivity contribution in [3.05, 3.63) is 0 Å². The third-order valence-electron chi connectivity index (χ3n) is 6.69. The topological polar surface area (TPSA) is 77.4 Å². The van der Waals surface area contributed by atoms with Gasteiger partial charge in [0.2, 0.25) is 11.6 Å². The third kappa shape index (κ3) is 2.38. The average Bonchev–Trinajstić information content (AvgIpc) is 3.04. The Morgan fingerprint density at radius 1 is 1.04 bits per heavy atom. The first kappa shape index (κ1) is 17.6. The molecule has 0 aromatic carbocycles. The van der Waals surface area contributed by atoms with Crippen LogP contribution in [0.3, 0.4) is 0 Å². The van der Waals surface area contributed by atoms with Gasteiger partial charge in [-0.05, 0) is 39.0 Å².